The van der Waals surface area contributed by atoms with E-state index in [0.29, 0.717) is 30.3 Å². The normalized spacial score (nSPS) is 14.8. The largest absolute Gasteiger partial charge is 0.331 e. The number of hydrogen-bond acceptors (Lipinski definition) is 6. The Kier molecular flexibility index (Phi) is 6.08. The van der Waals surface area contributed by atoms with Crippen LogP contribution in [0.4, 0.5) is 4.39 Å². The predicted molar refractivity (Wildman–Crippen MR) is 131 cm³/mol. The predicted octanol–water partition coefficient (Wildman–Crippen LogP) is 1.36. The number of sulfonamides is 1. The highest BCUT2D eigenvalue weighted by molar-refractivity contribution is 7.89. The van der Waals surface area contributed by atoms with Gasteiger partial charge >= 0.3 is 5.69 Å². The molecule has 0 aliphatic heterocycles. The second-order valence-corrected chi connectivity index (χ2v) is 10.8. The third kappa shape index (κ3) is 4.61. The summed E-state index contributed by atoms with van der Waals surface area (Å²) in [5.41, 5.74) is -0.472. The Morgan fingerprint density at radius 1 is 1.14 bits per heavy atom. The molecule has 4 aromatic rings. The summed E-state index contributed by atoms with van der Waals surface area (Å²) in [7, 11) is -2.34. The van der Waals surface area contributed by atoms with Gasteiger partial charge in [0.2, 0.25) is 10.0 Å². The first kappa shape index (κ1) is 24.1. The monoisotopic (exact) mass is 512 g/mol. The van der Waals surface area contributed by atoms with Crippen molar-refractivity contribution in [3.63, 3.8) is 0 Å². The van der Waals surface area contributed by atoms with Crippen molar-refractivity contribution in [2.45, 2.75) is 42.8 Å². The summed E-state index contributed by atoms with van der Waals surface area (Å²) in [5, 5.41) is 4.17. The molecule has 10 nitrogen and oxygen atoms in total. The number of pyridine rings is 1. The maximum Gasteiger partial charge on any atom is 0.331 e. The fourth-order valence-corrected chi connectivity index (χ4v) is 5.66. The highest BCUT2D eigenvalue weighted by atomic mass is 32.2. The molecule has 1 saturated carbocycles. The second kappa shape index (κ2) is 9.10. The van der Waals surface area contributed by atoms with Gasteiger partial charge in [0.25, 0.3) is 5.56 Å². The van der Waals surface area contributed by atoms with E-state index in [1.165, 1.54) is 22.8 Å². The fourth-order valence-electron chi connectivity index (χ4n) is 4.19. The maximum atomic E-state index is 13.5. The third-order valence-electron chi connectivity index (χ3n) is 6.38. The van der Waals surface area contributed by atoms with Crippen LogP contribution >= 0.6 is 0 Å². The molecule has 0 unspecified atom stereocenters. The van der Waals surface area contributed by atoms with Gasteiger partial charge in [-0.1, -0.05) is 6.07 Å². The van der Waals surface area contributed by atoms with Crippen LogP contribution in [0.15, 0.2) is 69.5 Å². The number of fused-ring (bicyclic) bond motifs is 1. The van der Waals surface area contributed by atoms with Gasteiger partial charge in [-0.3, -0.25) is 23.6 Å². The zero-order chi connectivity index (χ0) is 25.5. The Balaban J connectivity index is 1.63. The molecule has 36 heavy (non-hydrogen) atoms. The number of halogens is 1. The van der Waals surface area contributed by atoms with Crippen LogP contribution in [0, 0.1) is 0 Å². The lowest BCUT2D eigenvalue weighted by atomic mass is 10.2. The summed E-state index contributed by atoms with van der Waals surface area (Å²) in [6, 6.07) is 9.53. The zero-order valence-electron chi connectivity index (χ0n) is 19.6. The molecule has 1 fully saturated rings. The van der Waals surface area contributed by atoms with Gasteiger partial charge in [-0.15, -0.1) is 0 Å². The number of hydrogen-bond donors (Lipinski definition) is 1. The summed E-state index contributed by atoms with van der Waals surface area (Å²) in [6.45, 7) is -0.592. The van der Waals surface area contributed by atoms with Gasteiger partial charge in [0.1, 0.15) is 6.67 Å². The van der Waals surface area contributed by atoms with E-state index in [-0.39, 0.29) is 23.4 Å². The molecule has 1 N–H and O–H groups in total. The van der Waals surface area contributed by atoms with Gasteiger partial charge in [0.05, 0.1) is 34.1 Å². The van der Waals surface area contributed by atoms with Gasteiger partial charge in [-0.2, -0.15) is 5.10 Å². The van der Waals surface area contributed by atoms with Crippen LogP contribution in [0.2, 0.25) is 0 Å². The Morgan fingerprint density at radius 2 is 1.94 bits per heavy atom. The summed E-state index contributed by atoms with van der Waals surface area (Å²) >= 11 is 0. The van der Waals surface area contributed by atoms with Crippen LogP contribution in [0.3, 0.4) is 0 Å². The molecule has 0 atom stereocenters. The lowest BCUT2D eigenvalue weighted by Gasteiger charge is -2.16. The minimum atomic E-state index is -4.07. The number of aryl methyl sites for hydroxylation is 3. The van der Waals surface area contributed by atoms with Gasteiger partial charge in [-0.05, 0) is 43.2 Å². The molecule has 0 amide bonds. The van der Waals surface area contributed by atoms with Crippen LogP contribution in [0.5, 0.6) is 0 Å². The van der Waals surface area contributed by atoms with Crippen molar-refractivity contribution < 1.29 is 12.8 Å². The number of rotatable bonds is 9. The average molecular weight is 513 g/mol. The SMILES string of the molecule is Cn1cc(Cn2c(=O)c3cc(S(=O)(=O)NC4(CF)CC4)ccc3n(CCc3ccccn3)c2=O)cn1. The molecule has 1 aromatic carbocycles. The molecule has 0 radical (unpaired) electrons. The smallest absolute Gasteiger partial charge is 0.293 e. The van der Waals surface area contributed by atoms with E-state index in [1.54, 1.807) is 36.4 Å². The number of alkyl halides is 1. The minimum Gasteiger partial charge on any atom is -0.293 e. The molecule has 5 rings (SSSR count). The van der Waals surface area contributed by atoms with Crippen LogP contribution in [-0.4, -0.2) is 44.5 Å². The summed E-state index contributed by atoms with van der Waals surface area (Å²) < 4.78 is 45.8. The van der Waals surface area contributed by atoms with Crippen LogP contribution in [0.25, 0.3) is 10.9 Å². The first-order valence-electron chi connectivity index (χ1n) is 11.5. The van der Waals surface area contributed by atoms with Gasteiger partial charge in [-0.25, -0.2) is 22.3 Å². The molecular weight excluding hydrogens is 487 g/mol. The van der Waals surface area contributed by atoms with E-state index < -0.39 is 33.5 Å². The van der Waals surface area contributed by atoms with Gasteiger partial charge in [0, 0.05) is 43.7 Å². The maximum absolute atomic E-state index is 13.5. The number of nitrogens with zero attached hydrogens (tertiary/aromatic N) is 5. The Hall–Kier alpha value is -3.64. The van der Waals surface area contributed by atoms with Crippen molar-refractivity contribution in [1.29, 1.82) is 0 Å². The standard InChI is InChI=1S/C24H25FN6O4S/c1-29-14-17(13-27-29)15-31-22(32)20-12-19(36(34,35)28-24(16-25)8-9-24)5-6-21(20)30(23(31)33)11-7-18-4-2-3-10-26-18/h2-6,10,12-14,28H,7-9,11,15-16H2,1H3. The molecule has 0 spiro atoms. The molecule has 1 aliphatic rings. The van der Waals surface area contributed by atoms with Crippen molar-refractivity contribution in [3.05, 3.63) is 87.1 Å². The summed E-state index contributed by atoms with van der Waals surface area (Å²) in [5.74, 6) is 0. The summed E-state index contributed by atoms with van der Waals surface area (Å²) in [4.78, 5) is 31.1. The van der Waals surface area contributed by atoms with Crippen LogP contribution < -0.4 is 16.0 Å². The van der Waals surface area contributed by atoms with E-state index >= 15 is 0 Å². The number of benzene rings is 1. The first-order chi connectivity index (χ1) is 17.2. The van der Waals surface area contributed by atoms with Crippen molar-refractivity contribution in [1.82, 2.24) is 28.6 Å². The molecule has 188 valence electrons. The molecule has 0 bridgehead atoms. The number of aromatic nitrogens is 5. The third-order valence-corrected chi connectivity index (χ3v) is 7.96. The molecular formula is C24H25FN6O4S. The van der Waals surface area contributed by atoms with E-state index in [0.717, 1.165) is 10.3 Å². The minimum absolute atomic E-state index is 0.0226. The Morgan fingerprint density at radius 3 is 2.58 bits per heavy atom. The highest BCUT2D eigenvalue weighted by Gasteiger charge is 2.46. The summed E-state index contributed by atoms with van der Waals surface area (Å²) in [6.07, 6.45) is 6.19. The quantitative estimate of drug-likeness (QED) is 0.362. The molecule has 3 heterocycles. The van der Waals surface area contributed by atoms with Crippen molar-refractivity contribution in [3.8, 4) is 0 Å². The Bertz CT molecular complexity index is 1660. The van der Waals surface area contributed by atoms with E-state index in [1.807, 2.05) is 12.1 Å². The van der Waals surface area contributed by atoms with Crippen molar-refractivity contribution >= 4 is 20.9 Å². The van der Waals surface area contributed by atoms with Gasteiger partial charge < -0.3 is 0 Å². The zero-order valence-corrected chi connectivity index (χ0v) is 20.4. The van der Waals surface area contributed by atoms with Crippen LogP contribution in [0.1, 0.15) is 24.1 Å². The molecule has 1 aliphatic carbocycles. The molecule has 3 aromatic heterocycles. The lowest BCUT2D eigenvalue weighted by Crippen LogP contribution is -2.41. The average Bonchev–Trinajstić information content (AvgIpc) is 3.51. The Labute approximate surface area is 206 Å². The fraction of sp³-hybridized carbons (Fsp3) is 0.333. The van der Waals surface area contributed by atoms with E-state index in [9.17, 15) is 22.4 Å². The van der Waals surface area contributed by atoms with E-state index in [4.69, 9.17) is 0 Å². The molecule has 0 saturated heterocycles. The first-order valence-corrected chi connectivity index (χ1v) is 12.9. The molecule has 12 heteroatoms. The highest BCUT2D eigenvalue weighted by Crippen LogP contribution is 2.37. The van der Waals surface area contributed by atoms with Crippen molar-refractivity contribution in [2.24, 2.45) is 7.05 Å². The lowest BCUT2D eigenvalue weighted by molar-refractivity contribution is 0.393. The second-order valence-electron chi connectivity index (χ2n) is 9.12. The van der Waals surface area contributed by atoms with Crippen LogP contribution in [-0.2, 0) is 36.6 Å². The van der Waals surface area contributed by atoms with E-state index in [2.05, 4.69) is 14.8 Å². The van der Waals surface area contributed by atoms with Gasteiger partial charge in [0.15, 0.2) is 0 Å². The topological polar surface area (TPSA) is 121 Å². The number of nitrogens with one attached hydrogen (secondary N) is 1. The van der Waals surface area contributed by atoms with Crippen molar-refractivity contribution in [2.75, 3.05) is 6.67 Å².